The lowest BCUT2D eigenvalue weighted by atomic mass is 10.1. The lowest BCUT2D eigenvalue weighted by molar-refractivity contribution is -0.160. The van der Waals surface area contributed by atoms with Crippen molar-refractivity contribution in [3.63, 3.8) is 0 Å². The van der Waals surface area contributed by atoms with Gasteiger partial charge in [-0.2, -0.15) is 4.90 Å². The van der Waals surface area contributed by atoms with E-state index in [0.717, 1.165) is 32.7 Å². The van der Waals surface area contributed by atoms with E-state index in [1.54, 1.807) is 62.3 Å². The van der Waals surface area contributed by atoms with Gasteiger partial charge in [-0.15, -0.1) is 0 Å². The van der Waals surface area contributed by atoms with Crippen LogP contribution in [0.5, 0.6) is 0 Å². The Bertz CT molecular complexity index is 657. The Kier molecular flexibility index (Phi) is 15.9. The third-order valence-electron chi connectivity index (χ3n) is 4.27. The highest BCUT2D eigenvalue weighted by atomic mass is 16.6. The average Bonchev–Trinajstić information content (AvgIpc) is 2.69. The summed E-state index contributed by atoms with van der Waals surface area (Å²) in [5.74, 6) is -0.739. The zero-order valence-corrected chi connectivity index (χ0v) is 24.4. The number of carbonyl (C=O) groups excluding carboxylic acids is 3. The van der Waals surface area contributed by atoms with Crippen molar-refractivity contribution in [3.05, 3.63) is 0 Å². The molecule has 0 aromatic heterocycles. The van der Waals surface area contributed by atoms with E-state index >= 15 is 0 Å². The van der Waals surface area contributed by atoms with Gasteiger partial charge in [0.1, 0.15) is 16.8 Å². The van der Waals surface area contributed by atoms with Gasteiger partial charge in [-0.3, -0.25) is 0 Å². The van der Waals surface area contributed by atoms with Crippen LogP contribution in [0.3, 0.4) is 0 Å². The predicted molar refractivity (Wildman–Crippen MR) is 144 cm³/mol. The average molecular weight is 533 g/mol. The topological polar surface area (TPSA) is 156 Å². The van der Waals surface area contributed by atoms with E-state index in [9.17, 15) is 14.4 Å². The Morgan fingerprint density at radius 3 is 1.32 bits per heavy atom. The fraction of sp³-hybridized carbons (Fsp3) is 0.880. The van der Waals surface area contributed by atoms with Gasteiger partial charge in [-0.25, -0.2) is 14.4 Å². The molecule has 0 aromatic rings. The molecule has 0 saturated heterocycles. The van der Waals surface area contributed by atoms with Crippen LogP contribution in [-0.2, 0) is 19.0 Å². The summed E-state index contributed by atoms with van der Waals surface area (Å²) < 4.78 is 16.4. The van der Waals surface area contributed by atoms with Crippen LogP contribution in [0.25, 0.3) is 0 Å². The number of amides is 2. The number of imide groups is 1. The fourth-order valence-electron chi connectivity index (χ4n) is 2.85. The largest absolute Gasteiger partial charge is 0.458 e. The number of carbonyl (C=O) groups is 3. The fourth-order valence-corrected chi connectivity index (χ4v) is 2.85. The van der Waals surface area contributed by atoms with Crippen LogP contribution in [0, 0.1) is 0 Å². The molecule has 0 rings (SSSR count). The molecule has 2 amide bonds. The normalized spacial score (nSPS) is 13.1. The summed E-state index contributed by atoms with van der Waals surface area (Å²) in [5.41, 5.74) is 2.84. The molecule has 37 heavy (non-hydrogen) atoms. The maximum absolute atomic E-state index is 13.1. The van der Waals surface area contributed by atoms with Crippen molar-refractivity contribution >= 4 is 18.2 Å². The van der Waals surface area contributed by atoms with Gasteiger partial charge in [0.15, 0.2) is 6.04 Å². The van der Waals surface area contributed by atoms with Gasteiger partial charge >= 0.3 is 18.2 Å². The maximum atomic E-state index is 13.1. The number of hydrogen-bond donors (Lipinski definition) is 5. The second-order valence-electron chi connectivity index (χ2n) is 11.6. The highest BCUT2D eigenvalue weighted by Gasteiger charge is 2.42. The monoisotopic (exact) mass is 532 g/mol. The van der Waals surface area contributed by atoms with Crippen LogP contribution in [-0.4, -0.2) is 105 Å². The first-order chi connectivity index (χ1) is 17.0. The molecule has 0 saturated carbocycles. The van der Waals surface area contributed by atoms with Crippen LogP contribution in [0.2, 0.25) is 0 Å². The number of nitrogens with one attached hydrogen (secondary N) is 4. The first kappa shape index (κ1) is 35.0. The van der Waals surface area contributed by atoms with E-state index in [1.807, 2.05) is 0 Å². The highest BCUT2D eigenvalue weighted by Crippen LogP contribution is 2.19. The standard InChI is InChI=1S/C25H52N6O6/c1-23(2,3)35-20(32)19(18-30-17-16-29-15-14-28-13-12-27-11-10-26)31(21(33)36-24(4,5)6)22(34)37-25(7,8)9/h19,27-30H,10-18,26H2,1-9H3. The molecule has 0 aliphatic rings. The van der Waals surface area contributed by atoms with Gasteiger partial charge in [0, 0.05) is 58.9 Å². The Morgan fingerprint density at radius 1 is 0.622 bits per heavy atom. The molecular formula is C25H52N6O6. The summed E-state index contributed by atoms with van der Waals surface area (Å²) in [7, 11) is 0. The highest BCUT2D eigenvalue weighted by molar-refractivity contribution is 5.94. The number of rotatable bonds is 15. The molecule has 0 spiro atoms. The van der Waals surface area contributed by atoms with Crippen molar-refractivity contribution in [2.45, 2.75) is 85.2 Å². The second kappa shape index (κ2) is 16.8. The molecule has 0 bridgehead atoms. The van der Waals surface area contributed by atoms with E-state index in [1.165, 1.54) is 0 Å². The van der Waals surface area contributed by atoms with Gasteiger partial charge in [0.25, 0.3) is 0 Å². The molecule has 0 aliphatic heterocycles. The van der Waals surface area contributed by atoms with Crippen LogP contribution >= 0.6 is 0 Å². The molecule has 12 nitrogen and oxygen atoms in total. The van der Waals surface area contributed by atoms with Gasteiger partial charge in [-0.05, 0) is 62.3 Å². The Balaban J connectivity index is 5.18. The maximum Gasteiger partial charge on any atom is 0.420 e. The molecule has 0 fully saturated rings. The molecule has 0 radical (unpaired) electrons. The minimum Gasteiger partial charge on any atom is -0.458 e. The molecule has 1 unspecified atom stereocenters. The first-order valence-electron chi connectivity index (χ1n) is 13.0. The zero-order valence-electron chi connectivity index (χ0n) is 24.4. The number of hydrogen-bond acceptors (Lipinski definition) is 11. The molecular weight excluding hydrogens is 480 g/mol. The number of esters is 1. The van der Waals surface area contributed by atoms with Crippen molar-refractivity contribution < 1.29 is 28.6 Å². The summed E-state index contributed by atoms with van der Waals surface area (Å²) in [6, 6.07) is -1.29. The Morgan fingerprint density at radius 2 is 0.973 bits per heavy atom. The zero-order chi connectivity index (χ0) is 28.7. The quantitative estimate of drug-likeness (QED) is 0.117. The molecule has 0 heterocycles. The summed E-state index contributed by atoms with van der Waals surface area (Å²) in [5, 5.41) is 12.9. The summed E-state index contributed by atoms with van der Waals surface area (Å²) in [6.45, 7) is 21.0. The SMILES string of the molecule is CC(C)(C)OC(=O)C(CNCCNCCNCCNCCN)N(C(=O)OC(C)(C)C)C(=O)OC(C)(C)C. The van der Waals surface area contributed by atoms with Crippen LogP contribution in [0.4, 0.5) is 9.59 Å². The second-order valence-corrected chi connectivity index (χ2v) is 11.6. The van der Waals surface area contributed by atoms with Crippen molar-refractivity contribution in [1.29, 1.82) is 0 Å². The first-order valence-corrected chi connectivity index (χ1v) is 13.0. The van der Waals surface area contributed by atoms with Gasteiger partial charge < -0.3 is 41.2 Å². The molecule has 218 valence electrons. The van der Waals surface area contributed by atoms with Crippen LogP contribution < -0.4 is 27.0 Å². The molecule has 12 heteroatoms. The third-order valence-corrected chi connectivity index (χ3v) is 4.27. The number of nitrogens with zero attached hydrogens (tertiary/aromatic N) is 1. The van der Waals surface area contributed by atoms with Gasteiger partial charge in [0.2, 0.25) is 0 Å². The van der Waals surface area contributed by atoms with Crippen molar-refractivity contribution in [3.8, 4) is 0 Å². The van der Waals surface area contributed by atoms with Gasteiger partial charge in [0.05, 0.1) is 0 Å². The van der Waals surface area contributed by atoms with E-state index in [2.05, 4.69) is 21.3 Å². The number of nitrogens with two attached hydrogens (primary N) is 1. The lowest BCUT2D eigenvalue weighted by Crippen LogP contribution is -2.56. The van der Waals surface area contributed by atoms with Crippen molar-refractivity contribution in [1.82, 2.24) is 26.2 Å². The predicted octanol–water partition coefficient (Wildman–Crippen LogP) is 1.19. The number of ether oxygens (including phenoxy) is 3. The Hall–Kier alpha value is -1.99. The summed E-state index contributed by atoms with van der Waals surface area (Å²) in [4.78, 5) is 39.9. The summed E-state index contributed by atoms with van der Waals surface area (Å²) >= 11 is 0. The van der Waals surface area contributed by atoms with Gasteiger partial charge in [-0.1, -0.05) is 0 Å². The smallest absolute Gasteiger partial charge is 0.420 e. The lowest BCUT2D eigenvalue weighted by Gasteiger charge is -2.33. The van der Waals surface area contributed by atoms with E-state index < -0.39 is 41.0 Å². The minimum atomic E-state index is -1.29. The van der Waals surface area contributed by atoms with Crippen LogP contribution in [0.1, 0.15) is 62.3 Å². The van der Waals surface area contributed by atoms with Crippen LogP contribution in [0.15, 0.2) is 0 Å². The Labute approximate surface area is 223 Å². The molecule has 0 aliphatic carbocycles. The van der Waals surface area contributed by atoms with E-state index in [-0.39, 0.29) is 6.54 Å². The molecule has 1 atom stereocenters. The van der Waals surface area contributed by atoms with Crippen molar-refractivity contribution in [2.75, 3.05) is 58.9 Å². The van der Waals surface area contributed by atoms with Crippen molar-refractivity contribution in [2.24, 2.45) is 5.73 Å². The minimum absolute atomic E-state index is 0.0276. The third kappa shape index (κ3) is 18.8. The summed E-state index contributed by atoms with van der Waals surface area (Å²) in [6.07, 6.45) is -1.96. The molecule has 0 aromatic carbocycles. The van der Waals surface area contributed by atoms with E-state index in [4.69, 9.17) is 19.9 Å². The molecule has 6 N–H and O–H groups in total. The van der Waals surface area contributed by atoms with E-state index in [0.29, 0.717) is 24.5 Å².